The van der Waals surface area contributed by atoms with E-state index in [-0.39, 0.29) is 0 Å². The van der Waals surface area contributed by atoms with Gasteiger partial charge in [0.05, 0.1) is 5.69 Å². The number of nitrogens with one attached hydrogen (secondary N) is 1. The molecular weight excluding hydrogens is 210 g/mol. The Morgan fingerprint density at radius 2 is 2.12 bits per heavy atom. The average molecular weight is 233 g/mol. The maximum absolute atomic E-state index is 4.93. The van der Waals surface area contributed by atoms with Crippen LogP contribution in [0.2, 0.25) is 0 Å². The van der Waals surface area contributed by atoms with Crippen molar-refractivity contribution in [2.45, 2.75) is 64.5 Å². The summed E-state index contributed by atoms with van der Waals surface area (Å²) in [6, 6.07) is 0.667. The van der Waals surface area contributed by atoms with E-state index in [0.29, 0.717) is 6.04 Å². The second-order valence-electron chi connectivity index (χ2n) is 5.40. The van der Waals surface area contributed by atoms with E-state index in [1.807, 2.05) is 0 Å². The van der Waals surface area contributed by atoms with Crippen LogP contribution in [-0.4, -0.2) is 16.1 Å². The molecule has 1 aromatic heterocycles. The van der Waals surface area contributed by atoms with Gasteiger partial charge in [0.2, 0.25) is 0 Å². The Hall–Kier alpha value is -0.830. The molecule has 0 unspecified atom stereocenters. The molecule has 3 heteroatoms. The number of rotatable bonds is 4. The van der Waals surface area contributed by atoms with Gasteiger partial charge >= 0.3 is 0 Å². The summed E-state index contributed by atoms with van der Waals surface area (Å²) in [5.74, 6) is 2.16. The van der Waals surface area contributed by atoms with Crippen LogP contribution in [0.1, 0.15) is 68.7 Å². The highest BCUT2D eigenvalue weighted by molar-refractivity contribution is 5.25. The van der Waals surface area contributed by atoms with Crippen molar-refractivity contribution < 1.29 is 0 Å². The van der Waals surface area contributed by atoms with Gasteiger partial charge in [0.25, 0.3) is 0 Å². The lowest BCUT2D eigenvalue weighted by molar-refractivity contribution is 0.436. The number of imidazole rings is 1. The first kappa shape index (κ1) is 11.3. The predicted molar refractivity (Wildman–Crippen MR) is 69.2 cm³/mol. The van der Waals surface area contributed by atoms with Gasteiger partial charge in [0, 0.05) is 37.2 Å². The van der Waals surface area contributed by atoms with Crippen molar-refractivity contribution in [3.05, 3.63) is 17.2 Å². The molecular formula is C14H23N3. The van der Waals surface area contributed by atoms with Crippen molar-refractivity contribution in [3.63, 3.8) is 0 Å². The van der Waals surface area contributed by atoms with Crippen molar-refractivity contribution in [2.75, 3.05) is 6.54 Å². The molecule has 1 saturated carbocycles. The number of aromatic nitrogens is 2. The zero-order valence-corrected chi connectivity index (χ0v) is 11.0. The average Bonchev–Trinajstić information content (AvgIpc) is 3.14. The van der Waals surface area contributed by atoms with Gasteiger partial charge in [-0.25, -0.2) is 4.98 Å². The third-order valence-electron chi connectivity index (χ3n) is 4.20. The molecule has 17 heavy (non-hydrogen) atoms. The topological polar surface area (TPSA) is 29.9 Å². The second kappa shape index (κ2) is 4.45. The SMILES string of the molecule is CCC(CC)n1c(C2CC2)nc2c1CCNC2. The lowest BCUT2D eigenvalue weighted by Gasteiger charge is -2.23. The molecule has 1 fully saturated rings. The Bertz CT molecular complexity index is 400. The molecule has 1 N–H and O–H groups in total. The summed E-state index contributed by atoms with van der Waals surface area (Å²) in [7, 11) is 0. The summed E-state index contributed by atoms with van der Waals surface area (Å²) >= 11 is 0. The van der Waals surface area contributed by atoms with Gasteiger partial charge in [-0.1, -0.05) is 13.8 Å². The van der Waals surface area contributed by atoms with Gasteiger partial charge in [0.15, 0.2) is 0 Å². The van der Waals surface area contributed by atoms with E-state index in [9.17, 15) is 0 Å². The van der Waals surface area contributed by atoms with Crippen molar-refractivity contribution in [3.8, 4) is 0 Å². The Morgan fingerprint density at radius 1 is 1.35 bits per heavy atom. The Kier molecular flexibility index (Phi) is 2.95. The molecule has 0 radical (unpaired) electrons. The van der Waals surface area contributed by atoms with Crippen LogP contribution >= 0.6 is 0 Å². The molecule has 2 aliphatic rings. The molecule has 0 atom stereocenters. The van der Waals surface area contributed by atoms with Crippen LogP contribution in [0.25, 0.3) is 0 Å². The molecule has 0 aromatic carbocycles. The van der Waals surface area contributed by atoms with Crippen LogP contribution in [0.3, 0.4) is 0 Å². The van der Waals surface area contributed by atoms with E-state index < -0.39 is 0 Å². The quantitative estimate of drug-likeness (QED) is 0.866. The molecule has 0 amide bonds. The largest absolute Gasteiger partial charge is 0.328 e. The number of hydrogen-bond acceptors (Lipinski definition) is 2. The summed E-state index contributed by atoms with van der Waals surface area (Å²) in [4.78, 5) is 4.93. The van der Waals surface area contributed by atoms with E-state index in [2.05, 4.69) is 23.7 Å². The fraction of sp³-hybridized carbons (Fsp3) is 0.786. The molecule has 94 valence electrons. The number of hydrogen-bond donors (Lipinski definition) is 1. The van der Waals surface area contributed by atoms with Crippen LogP contribution in [0.4, 0.5) is 0 Å². The van der Waals surface area contributed by atoms with E-state index in [1.54, 1.807) is 0 Å². The van der Waals surface area contributed by atoms with Gasteiger partial charge in [-0.2, -0.15) is 0 Å². The maximum Gasteiger partial charge on any atom is 0.112 e. The third-order valence-corrected chi connectivity index (χ3v) is 4.20. The number of fused-ring (bicyclic) bond motifs is 1. The summed E-state index contributed by atoms with van der Waals surface area (Å²) in [6.07, 6.45) is 6.32. The zero-order chi connectivity index (χ0) is 11.8. The van der Waals surface area contributed by atoms with E-state index in [1.165, 1.54) is 42.9 Å². The molecule has 1 aromatic rings. The summed E-state index contributed by atoms with van der Waals surface area (Å²) in [6.45, 7) is 6.70. The first-order valence-corrected chi connectivity index (χ1v) is 7.15. The van der Waals surface area contributed by atoms with Crippen molar-refractivity contribution >= 4 is 0 Å². The molecule has 0 bridgehead atoms. The van der Waals surface area contributed by atoms with Gasteiger partial charge in [-0.05, 0) is 25.7 Å². The monoisotopic (exact) mass is 233 g/mol. The smallest absolute Gasteiger partial charge is 0.112 e. The van der Waals surface area contributed by atoms with Gasteiger partial charge in [-0.15, -0.1) is 0 Å². The fourth-order valence-corrected chi connectivity index (χ4v) is 3.04. The first-order valence-electron chi connectivity index (χ1n) is 7.15. The standard InChI is InChI=1S/C14H23N3/c1-3-11(4-2)17-13-7-8-15-9-12(13)16-14(17)10-5-6-10/h10-11,15H,3-9H2,1-2H3. The molecule has 0 spiro atoms. The molecule has 1 aliphatic carbocycles. The van der Waals surface area contributed by atoms with E-state index in [0.717, 1.165) is 25.4 Å². The van der Waals surface area contributed by atoms with Crippen molar-refractivity contribution in [1.82, 2.24) is 14.9 Å². The van der Waals surface area contributed by atoms with Crippen LogP contribution in [-0.2, 0) is 13.0 Å². The van der Waals surface area contributed by atoms with Crippen LogP contribution in [0.15, 0.2) is 0 Å². The van der Waals surface area contributed by atoms with Crippen molar-refractivity contribution in [2.24, 2.45) is 0 Å². The lowest BCUT2D eigenvalue weighted by Crippen LogP contribution is -2.26. The normalized spacial score (nSPS) is 19.7. The van der Waals surface area contributed by atoms with Crippen LogP contribution in [0.5, 0.6) is 0 Å². The zero-order valence-electron chi connectivity index (χ0n) is 11.0. The summed E-state index contributed by atoms with van der Waals surface area (Å²) in [5.41, 5.74) is 2.85. The molecule has 3 rings (SSSR count). The Morgan fingerprint density at radius 3 is 2.76 bits per heavy atom. The molecule has 1 aliphatic heterocycles. The lowest BCUT2D eigenvalue weighted by atomic mass is 10.1. The molecule has 0 saturated heterocycles. The maximum atomic E-state index is 4.93. The third kappa shape index (κ3) is 1.90. The number of nitrogens with zero attached hydrogens (tertiary/aromatic N) is 2. The second-order valence-corrected chi connectivity index (χ2v) is 5.40. The summed E-state index contributed by atoms with van der Waals surface area (Å²) in [5, 5.41) is 3.44. The fourth-order valence-electron chi connectivity index (χ4n) is 3.04. The minimum atomic E-state index is 0.667. The van der Waals surface area contributed by atoms with E-state index >= 15 is 0 Å². The first-order chi connectivity index (χ1) is 8.35. The predicted octanol–water partition coefficient (Wildman–Crippen LogP) is 2.77. The van der Waals surface area contributed by atoms with E-state index in [4.69, 9.17) is 4.98 Å². The summed E-state index contributed by atoms with van der Waals surface area (Å²) < 4.78 is 2.60. The highest BCUT2D eigenvalue weighted by Crippen LogP contribution is 2.42. The van der Waals surface area contributed by atoms with Gasteiger partial charge < -0.3 is 9.88 Å². The van der Waals surface area contributed by atoms with Gasteiger partial charge in [0.1, 0.15) is 5.82 Å². The van der Waals surface area contributed by atoms with Crippen molar-refractivity contribution in [1.29, 1.82) is 0 Å². The highest BCUT2D eigenvalue weighted by Gasteiger charge is 2.33. The minimum Gasteiger partial charge on any atom is -0.328 e. The molecule has 3 nitrogen and oxygen atoms in total. The highest BCUT2D eigenvalue weighted by atomic mass is 15.1. The van der Waals surface area contributed by atoms with Gasteiger partial charge in [-0.3, -0.25) is 0 Å². The Balaban J connectivity index is 2.05. The Labute approximate surface area is 104 Å². The molecule has 2 heterocycles. The van der Waals surface area contributed by atoms with Crippen LogP contribution in [0, 0.1) is 0 Å². The minimum absolute atomic E-state index is 0.667. The van der Waals surface area contributed by atoms with Crippen LogP contribution < -0.4 is 5.32 Å².